The van der Waals surface area contributed by atoms with Crippen LogP contribution in [-0.4, -0.2) is 47.4 Å². The van der Waals surface area contributed by atoms with Crippen LogP contribution < -0.4 is 9.64 Å². The zero-order valence-electron chi connectivity index (χ0n) is 15.3. The summed E-state index contributed by atoms with van der Waals surface area (Å²) in [5, 5.41) is 1.11. The molecule has 2 aromatic heterocycles. The maximum Gasteiger partial charge on any atom is 0.183 e. The zero-order valence-corrected chi connectivity index (χ0v) is 15.3. The Morgan fingerprint density at radius 1 is 1.22 bits per heavy atom. The molecule has 1 aliphatic heterocycles. The third kappa shape index (κ3) is 3.73. The fourth-order valence-corrected chi connectivity index (χ4v) is 3.59. The number of hydrogen-bond acceptors (Lipinski definition) is 5. The number of fused-ring (bicyclic) bond motifs is 1. The number of piperidine rings is 1. The molecule has 0 unspecified atom stereocenters. The van der Waals surface area contributed by atoms with Gasteiger partial charge < -0.3 is 18.9 Å². The molecule has 0 aliphatic carbocycles. The van der Waals surface area contributed by atoms with Crippen molar-refractivity contribution in [1.82, 2.24) is 14.5 Å². The molecule has 0 amide bonds. The van der Waals surface area contributed by atoms with Crippen LogP contribution in [0.2, 0.25) is 0 Å². The molecular weight excluding hydrogens is 347 g/mol. The van der Waals surface area contributed by atoms with Crippen LogP contribution in [0.15, 0.2) is 43.0 Å². The fourth-order valence-electron chi connectivity index (χ4n) is 3.59. The Hall–Kier alpha value is -2.67. The van der Waals surface area contributed by atoms with Gasteiger partial charge in [0, 0.05) is 51.2 Å². The molecule has 0 atom stereocenters. The van der Waals surface area contributed by atoms with Gasteiger partial charge in [-0.3, -0.25) is 0 Å². The van der Waals surface area contributed by atoms with Crippen molar-refractivity contribution in [2.45, 2.75) is 25.5 Å². The molecule has 0 bridgehead atoms. The molecule has 1 aromatic carbocycles. The van der Waals surface area contributed by atoms with E-state index >= 15 is 0 Å². The molecule has 3 heterocycles. The maximum atomic E-state index is 13.9. The van der Waals surface area contributed by atoms with Crippen LogP contribution in [0.5, 0.6) is 5.75 Å². The first-order valence-electron chi connectivity index (χ1n) is 9.20. The average molecular weight is 370 g/mol. The van der Waals surface area contributed by atoms with Gasteiger partial charge in [-0.2, -0.15) is 0 Å². The van der Waals surface area contributed by atoms with Gasteiger partial charge in [0.25, 0.3) is 0 Å². The van der Waals surface area contributed by atoms with E-state index in [0.29, 0.717) is 25.5 Å². The Labute approximate surface area is 157 Å². The molecule has 0 saturated carbocycles. The van der Waals surface area contributed by atoms with Crippen molar-refractivity contribution in [2.75, 3.05) is 31.7 Å². The second-order valence-corrected chi connectivity index (χ2v) is 6.69. The lowest BCUT2D eigenvalue weighted by Crippen LogP contribution is -2.39. The van der Waals surface area contributed by atoms with Crippen molar-refractivity contribution in [3.63, 3.8) is 0 Å². The SMILES string of the molecule is COCCn1ccc2c(OC3CCN(c4ncncc4F)CC3)cccc21. The minimum atomic E-state index is -0.376. The molecule has 3 aromatic rings. The lowest BCUT2D eigenvalue weighted by Gasteiger charge is -2.33. The van der Waals surface area contributed by atoms with Gasteiger partial charge in [0.05, 0.1) is 18.3 Å². The number of nitrogens with zero attached hydrogens (tertiary/aromatic N) is 4. The predicted octanol–water partition coefficient (Wildman–Crippen LogP) is 3.26. The molecule has 6 nitrogen and oxygen atoms in total. The van der Waals surface area contributed by atoms with Crippen LogP contribution in [0.4, 0.5) is 10.2 Å². The summed E-state index contributed by atoms with van der Waals surface area (Å²) in [6.07, 6.45) is 6.42. The minimum Gasteiger partial charge on any atom is -0.490 e. The molecule has 1 fully saturated rings. The van der Waals surface area contributed by atoms with Gasteiger partial charge in [-0.25, -0.2) is 14.4 Å². The first kappa shape index (κ1) is 17.7. The highest BCUT2D eigenvalue weighted by atomic mass is 19.1. The second-order valence-electron chi connectivity index (χ2n) is 6.69. The van der Waals surface area contributed by atoms with Crippen LogP contribution in [-0.2, 0) is 11.3 Å². The third-order valence-electron chi connectivity index (χ3n) is 4.99. The van der Waals surface area contributed by atoms with Gasteiger partial charge in [-0.15, -0.1) is 0 Å². The van der Waals surface area contributed by atoms with Crippen molar-refractivity contribution >= 4 is 16.7 Å². The first-order valence-corrected chi connectivity index (χ1v) is 9.20. The van der Waals surface area contributed by atoms with E-state index in [0.717, 1.165) is 36.0 Å². The molecule has 1 aliphatic rings. The van der Waals surface area contributed by atoms with Crippen molar-refractivity contribution in [3.8, 4) is 5.75 Å². The maximum absolute atomic E-state index is 13.9. The number of halogens is 1. The van der Waals surface area contributed by atoms with Gasteiger partial charge in [0.1, 0.15) is 18.2 Å². The summed E-state index contributed by atoms with van der Waals surface area (Å²) in [7, 11) is 1.71. The molecule has 7 heteroatoms. The Morgan fingerprint density at radius 2 is 2.07 bits per heavy atom. The van der Waals surface area contributed by atoms with Gasteiger partial charge in [-0.1, -0.05) is 6.07 Å². The quantitative estimate of drug-likeness (QED) is 0.667. The summed E-state index contributed by atoms with van der Waals surface area (Å²) >= 11 is 0. The molecule has 0 N–H and O–H groups in total. The van der Waals surface area contributed by atoms with Gasteiger partial charge >= 0.3 is 0 Å². The van der Waals surface area contributed by atoms with Crippen LogP contribution in [0, 0.1) is 5.82 Å². The van der Waals surface area contributed by atoms with Gasteiger partial charge in [0.15, 0.2) is 11.6 Å². The van der Waals surface area contributed by atoms with E-state index in [1.165, 1.54) is 12.5 Å². The van der Waals surface area contributed by atoms with E-state index in [9.17, 15) is 4.39 Å². The Morgan fingerprint density at radius 3 is 2.85 bits per heavy atom. The summed E-state index contributed by atoms with van der Waals surface area (Å²) in [4.78, 5) is 9.73. The number of benzene rings is 1. The molecule has 142 valence electrons. The van der Waals surface area contributed by atoms with E-state index in [-0.39, 0.29) is 11.9 Å². The third-order valence-corrected chi connectivity index (χ3v) is 4.99. The molecule has 27 heavy (non-hydrogen) atoms. The highest BCUT2D eigenvalue weighted by molar-refractivity contribution is 5.86. The van der Waals surface area contributed by atoms with Gasteiger partial charge in [0.2, 0.25) is 0 Å². The van der Waals surface area contributed by atoms with Crippen LogP contribution >= 0.6 is 0 Å². The number of aromatic nitrogens is 3. The highest BCUT2D eigenvalue weighted by Crippen LogP contribution is 2.30. The summed E-state index contributed by atoms with van der Waals surface area (Å²) < 4.78 is 27.5. The fraction of sp³-hybridized carbons (Fsp3) is 0.400. The Bertz CT molecular complexity index is 906. The van der Waals surface area contributed by atoms with Crippen molar-refractivity contribution < 1.29 is 13.9 Å². The molecule has 1 saturated heterocycles. The van der Waals surface area contributed by atoms with Crippen LogP contribution in [0.1, 0.15) is 12.8 Å². The number of rotatable bonds is 6. The molecule has 0 spiro atoms. The number of methoxy groups -OCH3 is 1. The summed E-state index contributed by atoms with van der Waals surface area (Å²) in [6.45, 7) is 2.91. The van der Waals surface area contributed by atoms with Crippen LogP contribution in [0.3, 0.4) is 0 Å². The summed E-state index contributed by atoms with van der Waals surface area (Å²) in [5.74, 6) is 0.898. The van der Waals surface area contributed by atoms with E-state index < -0.39 is 0 Å². The topological polar surface area (TPSA) is 52.4 Å². The number of hydrogen-bond donors (Lipinski definition) is 0. The van der Waals surface area contributed by atoms with E-state index in [1.54, 1.807) is 7.11 Å². The van der Waals surface area contributed by atoms with Gasteiger partial charge in [-0.05, 0) is 18.2 Å². The van der Waals surface area contributed by atoms with E-state index in [1.807, 2.05) is 17.0 Å². The Balaban J connectivity index is 1.43. The van der Waals surface area contributed by atoms with E-state index in [2.05, 4.69) is 32.9 Å². The summed E-state index contributed by atoms with van der Waals surface area (Å²) in [5.41, 5.74) is 1.14. The predicted molar refractivity (Wildman–Crippen MR) is 102 cm³/mol. The summed E-state index contributed by atoms with van der Waals surface area (Å²) in [6, 6.07) is 8.22. The molecular formula is C20H23FN4O2. The van der Waals surface area contributed by atoms with Crippen LogP contribution in [0.25, 0.3) is 10.9 Å². The number of anilines is 1. The standard InChI is InChI=1S/C20H23FN4O2/c1-26-12-11-24-10-7-16-18(24)3-2-4-19(16)27-15-5-8-25(9-6-15)20-17(21)13-22-14-23-20/h2-4,7,10,13-15H,5-6,8-9,11-12H2,1H3. The monoisotopic (exact) mass is 370 g/mol. The second kappa shape index (κ2) is 7.92. The minimum absolute atomic E-state index is 0.110. The lowest BCUT2D eigenvalue weighted by molar-refractivity contribution is 0.172. The van der Waals surface area contributed by atoms with E-state index in [4.69, 9.17) is 9.47 Å². The largest absolute Gasteiger partial charge is 0.490 e. The van der Waals surface area contributed by atoms with Crippen molar-refractivity contribution in [2.24, 2.45) is 0 Å². The molecule has 0 radical (unpaired) electrons. The average Bonchev–Trinajstić information content (AvgIpc) is 3.12. The smallest absolute Gasteiger partial charge is 0.183 e. The van der Waals surface area contributed by atoms with Crippen molar-refractivity contribution in [3.05, 3.63) is 48.8 Å². The van der Waals surface area contributed by atoms with Crippen molar-refractivity contribution in [1.29, 1.82) is 0 Å². The Kier molecular flexibility index (Phi) is 5.20. The highest BCUT2D eigenvalue weighted by Gasteiger charge is 2.24. The molecule has 4 rings (SSSR count). The number of ether oxygens (including phenoxy) is 2. The lowest BCUT2D eigenvalue weighted by atomic mass is 10.1. The normalized spacial score (nSPS) is 15.4. The zero-order chi connectivity index (χ0) is 18.6. The first-order chi connectivity index (χ1) is 13.3.